The number of rotatable bonds is 3. The SMILES string of the molecule is COC(=O)c1cc(-c2ccccc2Cl)nnc1-c1ccccc1Cl. The van der Waals surface area contributed by atoms with Crippen LogP contribution in [0.2, 0.25) is 10.0 Å². The van der Waals surface area contributed by atoms with Crippen LogP contribution in [0.1, 0.15) is 10.4 Å². The fraction of sp³-hybridized carbons (Fsp3) is 0.0556. The van der Waals surface area contributed by atoms with E-state index < -0.39 is 5.97 Å². The maximum Gasteiger partial charge on any atom is 0.340 e. The molecule has 0 fully saturated rings. The van der Waals surface area contributed by atoms with Gasteiger partial charge in [0.05, 0.1) is 28.4 Å². The first kappa shape index (κ1) is 16.4. The van der Waals surface area contributed by atoms with Gasteiger partial charge in [0.15, 0.2) is 0 Å². The van der Waals surface area contributed by atoms with Crippen LogP contribution in [0.3, 0.4) is 0 Å². The fourth-order valence-corrected chi connectivity index (χ4v) is 2.77. The normalized spacial score (nSPS) is 10.5. The Kier molecular flexibility index (Phi) is 4.79. The van der Waals surface area contributed by atoms with Crippen LogP contribution in [0.4, 0.5) is 0 Å². The monoisotopic (exact) mass is 358 g/mol. The van der Waals surface area contributed by atoms with E-state index in [-0.39, 0.29) is 5.56 Å². The van der Waals surface area contributed by atoms with E-state index in [2.05, 4.69) is 10.2 Å². The highest BCUT2D eigenvalue weighted by molar-refractivity contribution is 6.33. The van der Waals surface area contributed by atoms with Gasteiger partial charge in [0.2, 0.25) is 0 Å². The lowest BCUT2D eigenvalue weighted by Crippen LogP contribution is -2.07. The molecule has 4 nitrogen and oxygen atoms in total. The Hall–Kier alpha value is -2.43. The Balaban J connectivity index is 2.21. The van der Waals surface area contributed by atoms with Crippen molar-refractivity contribution in [1.82, 2.24) is 10.2 Å². The summed E-state index contributed by atoms with van der Waals surface area (Å²) in [5.41, 5.74) is 2.41. The molecular weight excluding hydrogens is 347 g/mol. The second kappa shape index (κ2) is 6.99. The Morgan fingerprint density at radius 3 is 2.08 bits per heavy atom. The molecule has 0 radical (unpaired) electrons. The van der Waals surface area contributed by atoms with Crippen molar-refractivity contribution < 1.29 is 9.53 Å². The quantitative estimate of drug-likeness (QED) is 0.624. The standard InChI is InChI=1S/C18H12Cl2N2O2/c1-24-18(23)13-10-16(11-6-2-4-8-14(11)19)21-22-17(13)12-7-3-5-9-15(12)20/h2-10H,1H3. The number of nitrogens with zero attached hydrogens (tertiary/aromatic N) is 2. The minimum Gasteiger partial charge on any atom is -0.465 e. The minimum atomic E-state index is -0.520. The van der Waals surface area contributed by atoms with Gasteiger partial charge in [-0.1, -0.05) is 59.6 Å². The highest BCUT2D eigenvalue weighted by Gasteiger charge is 2.19. The number of halogens is 2. The minimum absolute atomic E-state index is 0.274. The largest absolute Gasteiger partial charge is 0.465 e. The molecule has 1 aromatic heterocycles. The van der Waals surface area contributed by atoms with Crippen molar-refractivity contribution in [3.63, 3.8) is 0 Å². The summed E-state index contributed by atoms with van der Waals surface area (Å²) in [6.07, 6.45) is 0. The maximum absolute atomic E-state index is 12.2. The molecular formula is C18H12Cl2N2O2. The fourth-order valence-electron chi connectivity index (χ4n) is 2.31. The third-order valence-corrected chi connectivity index (χ3v) is 4.14. The maximum atomic E-state index is 12.2. The Bertz CT molecular complexity index is 913. The molecule has 0 aliphatic rings. The van der Waals surface area contributed by atoms with Crippen molar-refractivity contribution in [2.75, 3.05) is 7.11 Å². The lowest BCUT2D eigenvalue weighted by molar-refractivity contribution is 0.0601. The van der Waals surface area contributed by atoms with Gasteiger partial charge in [0.25, 0.3) is 0 Å². The average molecular weight is 359 g/mol. The zero-order valence-corrected chi connectivity index (χ0v) is 14.2. The molecule has 0 bridgehead atoms. The molecule has 2 aromatic carbocycles. The molecule has 3 rings (SSSR count). The van der Waals surface area contributed by atoms with Gasteiger partial charge in [-0.2, -0.15) is 0 Å². The number of hydrogen-bond donors (Lipinski definition) is 0. The van der Waals surface area contributed by atoms with Gasteiger partial charge in [-0.05, 0) is 18.2 Å². The summed E-state index contributed by atoms with van der Waals surface area (Å²) in [7, 11) is 1.31. The highest BCUT2D eigenvalue weighted by atomic mass is 35.5. The van der Waals surface area contributed by atoms with E-state index in [1.54, 1.807) is 30.3 Å². The van der Waals surface area contributed by atoms with E-state index in [1.165, 1.54) is 7.11 Å². The van der Waals surface area contributed by atoms with Crippen LogP contribution >= 0.6 is 23.2 Å². The summed E-state index contributed by atoms with van der Waals surface area (Å²) in [5, 5.41) is 9.40. The highest BCUT2D eigenvalue weighted by Crippen LogP contribution is 2.32. The van der Waals surface area contributed by atoms with Crippen LogP contribution in [-0.2, 0) is 4.74 Å². The molecule has 1 heterocycles. The van der Waals surface area contributed by atoms with Gasteiger partial charge in [-0.15, -0.1) is 10.2 Å². The zero-order chi connectivity index (χ0) is 17.1. The van der Waals surface area contributed by atoms with Crippen LogP contribution in [0.15, 0.2) is 54.6 Å². The first-order valence-electron chi connectivity index (χ1n) is 7.07. The van der Waals surface area contributed by atoms with Gasteiger partial charge >= 0.3 is 5.97 Å². The van der Waals surface area contributed by atoms with Crippen molar-refractivity contribution in [2.24, 2.45) is 0 Å². The van der Waals surface area contributed by atoms with Crippen LogP contribution < -0.4 is 0 Å². The molecule has 24 heavy (non-hydrogen) atoms. The lowest BCUT2D eigenvalue weighted by Gasteiger charge is -2.10. The lowest BCUT2D eigenvalue weighted by atomic mass is 10.0. The molecule has 0 N–H and O–H groups in total. The molecule has 120 valence electrons. The van der Waals surface area contributed by atoms with Crippen LogP contribution in [0, 0.1) is 0 Å². The van der Waals surface area contributed by atoms with E-state index in [4.69, 9.17) is 27.9 Å². The smallest absolute Gasteiger partial charge is 0.340 e. The summed E-state index contributed by atoms with van der Waals surface area (Å²) < 4.78 is 4.88. The van der Waals surface area contributed by atoms with Crippen LogP contribution in [0.5, 0.6) is 0 Å². The third kappa shape index (κ3) is 3.11. The van der Waals surface area contributed by atoms with E-state index in [1.807, 2.05) is 24.3 Å². The van der Waals surface area contributed by atoms with Gasteiger partial charge in [0, 0.05) is 11.1 Å². The first-order chi connectivity index (χ1) is 11.6. The van der Waals surface area contributed by atoms with E-state index in [0.29, 0.717) is 32.6 Å². The molecule has 0 atom stereocenters. The Morgan fingerprint density at radius 1 is 0.917 bits per heavy atom. The first-order valence-corrected chi connectivity index (χ1v) is 7.83. The molecule has 0 aliphatic carbocycles. The summed E-state index contributed by atoms with van der Waals surface area (Å²) in [5.74, 6) is -0.520. The van der Waals surface area contributed by atoms with Crippen molar-refractivity contribution in [3.8, 4) is 22.5 Å². The molecule has 0 spiro atoms. The number of ether oxygens (including phenoxy) is 1. The number of esters is 1. The van der Waals surface area contributed by atoms with Crippen molar-refractivity contribution >= 4 is 29.2 Å². The molecule has 6 heteroatoms. The molecule has 0 amide bonds. The summed E-state index contributed by atoms with van der Waals surface area (Å²) in [6.45, 7) is 0. The summed E-state index contributed by atoms with van der Waals surface area (Å²) in [4.78, 5) is 12.2. The van der Waals surface area contributed by atoms with Crippen molar-refractivity contribution in [3.05, 3.63) is 70.2 Å². The Labute approximate surface area is 149 Å². The van der Waals surface area contributed by atoms with E-state index >= 15 is 0 Å². The van der Waals surface area contributed by atoms with Crippen LogP contribution in [0.25, 0.3) is 22.5 Å². The van der Waals surface area contributed by atoms with Gasteiger partial charge in [0.1, 0.15) is 5.69 Å². The van der Waals surface area contributed by atoms with Crippen LogP contribution in [-0.4, -0.2) is 23.3 Å². The molecule has 0 saturated carbocycles. The van der Waals surface area contributed by atoms with E-state index in [9.17, 15) is 4.79 Å². The predicted octanol–water partition coefficient (Wildman–Crippen LogP) is 4.90. The number of aromatic nitrogens is 2. The van der Waals surface area contributed by atoms with Crippen molar-refractivity contribution in [2.45, 2.75) is 0 Å². The number of methoxy groups -OCH3 is 1. The average Bonchev–Trinajstić information content (AvgIpc) is 2.61. The molecule has 0 unspecified atom stereocenters. The number of benzene rings is 2. The molecule has 0 saturated heterocycles. The topological polar surface area (TPSA) is 52.1 Å². The molecule has 3 aromatic rings. The second-order valence-corrected chi connectivity index (χ2v) is 5.76. The molecule has 0 aliphatic heterocycles. The number of carbonyl (C=O) groups is 1. The summed E-state index contributed by atoms with van der Waals surface area (Å²) >= 11 is 12.4. The van der Waals surface area contributed by atoms with Gasteiger partial charge < -0.3 is 4.74 Å². The summed E-state index contributed by atoms with van der Waals surface area (Å²) in [6, 6.07) is 15.9. The predicted molar refractivity (Wildman–Crippen MR) is 94.3 cm³/mol. The third-order valence-electron chi connectivity index (χ3n) is 3.48. The number of hydrogen-bond acceptors (Lipinski definition) is 4. The Morgan fingerprint density at radius 2 is 1.50 bits per heavy atom. The van der Waals surface area contributed by atoms with Gasteiger partial charge in [-0.25, -0.2) is 4.79 Å². The zero-order valence-electron chi connectivity index (χ0n) is 12.7. The second-order valence-electron chi connectivity index (χ2n) is 4.94. The van der Waals surface area contributed by atoms with E-state index in [0.717, 1.165) is 0 Å². The van der Waals surface area contributed by atoms with Gasteiger partial charge in [-0.3, -0.25) is 0 Å². The number of carbonyl (C=O) groups excluding carboxylic acids is 1. The van der Waals surface area contributed by atoms with Crippen molar-refractivity contribution in [1.29, 1.82) is 0 Å².